The summed E-state index contributed by atoms with van der Waals surface area (Å²) >= 11 is 0. The molecule has 4 heteroatoms. The van der Waals surface area contributed by atoms with Crippen molar-refractivity contribution in [1.29, 1.82) is 0 Å². The van der Waals surface area contributed by atoms with Gasteiger partial charge in [-0.05, 0) is 32.9 Å². The molecule has 0 fully saturated rings. The van der Waals surface area contributed by atoms with E-state index in [4.69, 9.17) is 14.2 Å². The number of rotatable bonds is 9. The third kappa shape index (κ3) is 5.94. The zero-order valence-electron chi connectivity index (χ0n) is 12.4. The fourth-order valence-corrected chi connectivity index (χ4v) is 1.80. The van der Waals surface area contributed by atoms with Crippen molar-refractivity contribution in [2.75, 3.05) is 33.4 Å². The van der Waals surface area contributed by atoms with Crippen molar-refractivity contribution in [2.24, 2.45) is 0 Å². The molecule has 0 atom stereocenters. The Morgan fingerprint density at radius 3 is 2.47 bits per heavy atom. The Bertz CT molecular complexity index is 366. The molecular weight excluding hydrogens is 242 g/mol. The molecule has 0 bridgehead atoms. The summed E-state index contributed by atoms with van der Waals surface area (Å²) in [6.07, 6.45) is 0. The molecule has 1 aromatic carbocycles. The van der Waals surface area contributed by atoms with Crippen LogP contribution in [0.1, 0.15) is 20.8 Å². The third-order valence-corrected chi connectivity index (χ3v) is 2.69. The molecule has 0 amide bonds. The Labute approximate surface area is 116 Å². The summed E-state index contributed by atoms with van der Waals surface area (Å²) in [5.41, 5.74) is -0.140. The second-order valence-corrected chi connectivity index (χ2v) is 4.87. The van der Waals surface area contributed by atoms with Crippen molar-refractivity contribution < 1.29 is 14.2 Å². The fourth-order valence-electron chi connectivity index (χ4n) is 1.80. The minimum Gasteiger partial charge on any atom is -0.493 e. The number of benzene rings is 1. The minimum atomic E-state index is -0.140. The van der Waals surface area contributed by atoms with E-state index < -0.39 is 0 Å². The van der Waals surface area contributed by atoms with Crippen LogP contribution in [0.25, 0.3) is 0 Å². The fraction of sp³-hybridized carbons (Fsp3) is 0.600. The first kappa shape index (κ1) is 15.8. The molecule has 0 unspecified atom stereocenters. The molecule has 108 valence electrons. The Balaban J connectivity index is 2.24. The molecule has 0 radical (unpaired) electrons. The highest BCUT2D eigenvalue weighted by Gasteiger charge is 2.16. The summed E-state index contributed by atoms with van der Waals surface area (Å²) in [6, 6.07) is 7.65. The molecule has 0 heterocycles. The van der Waals surface area contributed by atoms with Crippen LogP contribution in [0, 0.1) is 0 Å². The van der Waals surface area contributed by atoms with E-state index in [0.29, 0.717) is 6.61 Å². The van der Waals surface area contributed by atoms with Gasteiger partial charge in [0.1, 0.15) is 6.61 Å². The molecule has 19 heavy (non-hydrogen) atoms. The number of hydrogen-bond acceptors (Lipinski definition) is 4. The second kappa shape index (κ2) is 8.02. The Hall–Kier alpha value is -1.26. The van der Waals surface area contributed by atoms with Crippen LogP contribution in [-0.2, 0) is 4.74 Å². The second-order valence-electron chi connectivity index (χ2n) is 4.87. The minimum absolute atomic E-state index is 0.140. The molecular formula is C15H25NO3. The van der Waals surface area contributed by atoms with Gasteiger partial charge >= 0.3 is 0 Å². The summed E-state index contributed by atoms with van der Waals surface area (Å²) in [6.45, 7) is 9.06. The largest absolute Gasteiger partial charge is 0.493 e. The molecule has 0 aliphatic rings. The summed E-state index contributed by atoms with van der Waals surface area (Å²) in [5, 5.41) is 3.33. The van der Waals surface area contributed by atoms with Crippen molar-refractivity contribution >= 4 is 0 Å². The van der Waals surface area contributed by atoms with E-state index in [1.54, 1.807) is 7.11 Å². The molecule has 0 spiro atoms. The number of para-hydroxylation sites is 2. The average molecular weight is 267 g/mol. The van der Waals surface area contributed by atoms with Crippen LogP contribution in [-0.4, -0.2) is 39.0 Å². The van der Waals surface area contributed by atoms with Crippen LogP contribution in [0.4, 0.5) is 0 Å². The van der Waals surface area contributed by atoms with Gasteiger partial charge in [0.25, 0.3) is 0 Å². The van der Waals surface area contributed by atoms with Crippen molar-refractivity contribution in [1.82, 2.24) is 5.32 Å². The lowest BCUT2D eigenvalue weighted by Crippen LogP contribution is -2.39. The van der Waals surface area contributed by atoms with Gasteiger partial charge in [0.05, 0.1) is 12.7 Å². The molecule has 0 aliphatic heterocycles. The number of ether oxygens (including phenoxy) is 3. The molecule has 1 N–H and O–H groups in total. The maximum absolute atomic E-state index is 5.67. The zero-order chi connectivity index (χ0) is 14.1. The lowest BCUT2D eigenvalue weighted by atomic mass is 10.1. The molecule has 0 saturated heterocycles. The maximum Gasteiger partial charge on any atom is 0.161 e. The van der Waals surface area contributed by atoms with Gasteiger partial charge in [-0.25, -0.2) is 0 Å². The lowest BCUT2D eigenvalue weighted by Gasteiger charge is -2.25. The van der Waals surface area contributed by atoms with Gasteiger partial charge < -0.3 is 19.5 Å². The van der Waals surface area contributed by atoms with Gasteiger partial charge in [-0.3, -0.25) is 0 Å². The summed E-state index contributed by atoms with van der Waals surface area (Å²) in [4.78, 5) is 0. The van der Waals surface area contributed by atoms with Gasteiger partial charge in [-0.15, -0.1) is 0 Å². The maximum atomic E-state index is 5.67. The molecule has 0 aromatic heterocycles. The first-order valence-corrected chi connectivity index (χ1v) is 6.69. The predicted octanol–water partition coefficient (Wildman–Crippen LogP) is 2.48. The van der Waals surface area contributed by atoms with Crippen LogP contribution in [0.5, 0.6) is 11.5 Å². The summed E-state index contributed by atoms with van der Waals surface area (Å²) in [7, 11) is 1.64. The van der Waals surface area contributed by atoms with E-state index in [-0.39, 0.29) is 5.60 Å². The highest BCUT2D eigenvalue weighted by Crippen LogP contribution is 2.25. The predicted molar refractivity (Wildman–Crippen MR) is 77.1 cm³/mol. The quantitative estimate of drug-likeness (QED) is 0.698. The van der Waals surface area contributed by atoms with Crippen molar-refractivity contribution in [3.05, 3.63) is 24.3 Å². The number of methoxy groups -OCH3 is 1. The number of nitrogens with one attached hydrogen (secondary N) is 1. The van der Waals surface area contributed by atoms with Crippen LogP contribution >= 0.6 is 0 Å². The molecule has 0 saturated carbocycles. The van der Waals surface area contributed by atoms with Crippen LogP contribution < -0.4 is 14.8 Å². The Kier molecular flexibility index (Phi) is 6.67. The van der Waals surface area contributed by atoms with Gasteiger partial charge in [-0.1, -0.05) is 12.1 Å². The van der Waals surface area contributed by atoms with Crippen molar-refractivity contribution in [3.8, 4) is 11.5 Å². The van der Waals surface area contributed by atoms with Gasteiger partial charge in [0.15, 0.2) is 11.5 Å². The first-order chi connectivity index (χ1) is 9.09. The average Bonchev–Trinajstić information content (AvgIpc) is 2.38. The Morgan fingerprint density at radius 2 is 1.84 bits per heavy atom. The molecule has 1 aromatic rings. The van der Waals surface area contributed by atoms with Gasteiger partial charge in [-0.2, -0.15) is 0 Å². The standard InChI is InChI=1S/C15H25NO3/c1-5-19-15(2,3)12-16-10-11-18-14-9-7-6-8-13(14)17-4/h6-9,16H,5,10-12H2,1-4H3. The summed E-state index contributed by atoms with van der Waals surface area (Å²) < 4.78 is 16.5. The molecule has 0 aliphatic carbocycles. The lowest BCUT2D eigenvalue weighted by molar-refractivity contribution is -0.00903. The topological polar surface area (TPSA) is 39.7 Å². The zero-order valence-corrected chi connectivity index (χ0v) is 12.4. The van der Waals surface area contributed by atoms with Crippen molar-refractivity contribution in [2.45, 2.75) is 26.4 Å². The molecule has 1 rings (SSSR count). The summed E-state index contributed by atoms with van der Waals surface area (Å²) in [5.74, 6) is 1.54. The molecule has 4 nitrogen and oxygen atoms in total. The van der Waals surface area contributed by atoms with Crippen LogP contribution in [0.15, 0.2) is 24.3 Å². The third-order valence-electron chi connectivity index (χ3n) is 2.69. The van der Waals surface area contributed by atoms with Crippen LogP contribution in [0.3, 0.4) is 0 Å². The van der Waals surface area contributed by atoms with Gasteiger partial charge in [0, 0.05) is 19.7 Å². The van der Waals surface area contributed by atoms with Gasteiger partial charge in [0.2, 0.25) is 0 Å². The van der Waals surface area contributed by atoms with E-state index in [1.165, 1.54) is 0 Å². The SMILES string of the molecule is CCOC(C)(C)CNCCOc1ccccc1OC. The van der Waals surface area contributed by atoms with E-state index in [1.807, 2.05) is 31.2 Å². The van der Waals surface area contributed by atoms with E-state index in [9.17, 15) is 0 Å². The van der Waals surface area contributed by atoms with Crippen LogP contribution in [0.2, 0.25) is 0 Å². The Morgan fingerprint density at radius 1 is 1.16 bits per heavy atom. The normalized spacial score (nSPS) is 11.4. The highest BCUT2D eigenvalue weighted by molar-refractivity contribution is 5.39. The van der Waals surface area contributed by atoms with E-state index in [2.05, 4.69) is 19.2 Å². The first-order valence-electron chi connectivity index (χ1n) is 6.69. The number of hydrogen-bond donors (Lipinski definition) is 1. The highest BCUT2D eigenvalue weighted by atomic mass is 16.5. The monoisotopic (exact) mass is 267 g/mol. The van der Waals surface area contributed by atoms with Crippen molar-refractivity contribution in [3.63, 3.8) is 0 Å². The van der Waals surface area contributed by atoms with E-state index >= 15 is 0 Å². The van der Waals surface area contributed by atoms with E-state index in [0.717, 1.165) is 31.2 Å². The smallest absolute Gasteiger partial charge is 0.161 e.